The minimum Gasteiger partial charge on any atom is -0.454 e. The third kappa shape index (κ3) is 2.81. The summed E-state index contributed by atoms with van der Waals surface area (Å²) in [7, 11) is 0. The second kappa shape index (κ2) is 5.38. The molecule has 1 aromatic heterocycles. The highest BCUT2D eigenvalue weighted by Crippen LogP contribution is 2.32. The topological polar surface area (TPSA) is 42.4 Å². The number of halogens is 1. The summed E-state index contributed by atoms with van der Waals surface area (Å²) in [4.78, 5) is 4.14. The van der Waals surface area contributed by atoms with Gasteiger partial charge in [-0.2, -0.15) is 0 Å². The molecule has 2 rings (SSSR count). The zero-order chi connectivity index (χ0) is 13.1. The molecule has 4 heteroatoms. The Morgan fingerprint density at radius 1 is 1.28 bits per heavy atom. The van der Waals surface area contributed by atoms with Gasteiger partial charge >= 0.3 is 0 Å². The predicted molar refractivity (Wildman–Crippen MR) is 71.1 cm³/mol. The maximum Gasteiger partial charge on any atom is 0.148 e. The lowest BCUT2D eigenvalue weighted by atomic mass is 10.1. The van der Waals surface area contributed by atoms with E-state index in [2.05, 4.69) is 4.98 Å². The Balaban J connectivity index is 2.28. The first kappa shape index (κ1) is 12.9. The normalized spacial score (nSPS) is 12.2. The summed E-state index contributed by atoms with van der Waals surface area (Å²) in [5.41, 5.74) is 1.56. The summed E-state index contributed by atoms with van der Waals surface area (Å²) >= 11 is 6.12. The molecule has 0 fully saturated rings. The largest absolute Gasteiger partial charge is 0.454 e. The van der Waals surface area contributed by atoms with Crippen LogP contribution in [0.3, 0.4) is 0 Å². The Labute approximate surface area is 111 Å². The number of aliphatic hydroxyl groups excluding tert-OH is 1. The van der Waals surface area contributed by atoms with E-state index in [1.54, 1.807) is 37.4 Å². The quantitative estimate of drug-likeness (QED) is 0.914. The Kier molecular flexibility index (Phi) is 3.84. The lowest BCUT2D eigenvalue weighted by molar-refractivity contribution is 0.199. The van der Waals surface area contributed by atoms with E-state index in [9.17, 15) is 5.11 Å². The Bertz CT molecular complexity index is 555. The molecule has 0 aliphatic heterocycles. The first-order valence-electron chi connectivity index (χ1n) is 5.65. The fourth-order valence-corrected chi connectivity index (χ4v) is 1.78. The third-order valence-corrected chi connectivity index (χ3v) is 2.91. The lowest BCUT2D eigenvalue weighted by Crippen LogP contribution is -1.93. The van der Waals surface area contributed by atoms with Gasteiger partial charge in [-0.1, -0.05) is 17.7 Å². The molecular formula is C14H14ClNO2. The molecule has 1 N–H and O–H groups in total. The van der Waals surface area contributed by atoms with Gasteiger partial charge in [-0.25, -0.2) is 0 Å². The van der Waals surface area contributed by atoms with Crippen molar-refractivity contribution in [2.24, 2.45) is 0 Å². The van der Waals surface area contributed by atoms with E-state index < -0.39 is 6.10 Å². The van der Waals surface area contributed by atoms with Gasteiger partial charge in [-0.15, -0.1) is 0 Å². The summed E-state index contributed by atoms with van der Waals surface area (Å²) in [6.07, 6.45) is 1.16. The molecule has 94 valence electrons. The van der Waals surface area contributed by atoms with Crippen molar-refractivity contribution in [2.75, 3.05) is 0 Å². The molecule has 2 aromatic rings. The lowest BCUT2D eigenvalue weighted by Gasteiger charge is -2.11. The molecule has 0 radical (unpaired) electrons. The highest BCUT2D eigenvalue weighted by molar-refractivity contribution is 6.32. The molecule has 18 heavy (non-hydrogen) atoms. The van der Waals surface area contributed by atoms with Crippen molar-refractivity contribution in [2.45, 2.75) is 20.0 Å². The van der Waals surface area contributed by atoms with Gasteiger partial charge < -0.3 is 9.84 Å². The van der Waals surface area contributed by atoms with Crippen LogP contribution in [0, 0.1) is 6.92 Å². The Hall–Kier alpha value is -1.58. The summed E-state index contributed by atoms with van der Waals surface area (Å²) < 4.78 is 5.70. The minimum absolute atomic E-state index is 0.469. The van der Waals surface area contributed by atoms with Crippen molar-refractivity contribution in [1.82, 2.24) is 4.98 Å². The van der Waals surface area contributed by atoms with Crippen LogP contribution in [-0.4, -0.2) is 10.1 Å². The molecule has 0 aliphatic carbocycles. The molecule has 1 aromatic carbocycles. The number of aromatic nitrogens is 1. The van der Waals surface area contributed by atoms with Gasteiger partial charge in [0.15, 0.2) is 0 Å². The number of aliphatic hydroxyl groups is 1. The average molecular weight is 264 g/mol. The van der Waals surface area contributed by atoms with Gasteiger partial charge in [-0.3, -0.25) is 4.98 Å². The van der Waals surface area contributed by atoms with Crippen molar-refractivity contribution >= 4 is 11.6 Å². The van der Waals surface area contributed by atoms with Crippen LogP contribution in [0.15, 0.2) is 36.5 Å². The van der Waals surface area contributed by atoms with E-state index in [4.69, 9.17) is 16.3 Å². The van der Waals surface area contributed by atoms with Crippen LogP contribution in [0.5, 0.6) is 11.5 Å². The highest BCUT2D eigenvalue weighted by Gasteiger charge is 2.08. The number of benzene rings is 1. The van der Waals surface area contributed by atoms with Gasteiger partial charge in [0.25, 0.3) is 0 Å². The van der Waals surface area contributed by atoms with Crippen molar-refractivity contribution in [3.8, 4) is 11.5 Å². The SMILES string of the molecule is Cc1ncccc1Oc1ccc([C@H](C)O)cc1Cl. The fraction of sp³-hybridized carbons (Fsp3) is 0.214. The summed E-state index contributed by atoms with van der Waals surface area (Å²) in [6.45, 7) is 3.56. The Morgan fingerprint density at radius 3 is 2.67 bits per heavy atom. The van der Waals surface area contributed by atoms with Crippen LogP contribution in [0.1, 0.15) is 24.3 Å². The molecule has 3 nitrogen and oxygen atoms in total. The minimum atomic E-state index is -0.545. The van der Waals surface area contributed by atoms with Gasteiger partial charge in [0.05, 0.1) is 16.8 Å². The second-order valence-electron chi connectivity index (χ2n) is 4.05. The molecule has 0 spiro atoms. The smallest absolute Gasteiger partial charge is 0.148 e. The van der Waals surface area contributed by atoms with Crippen molar-refractivity contribution < 1.29 is 9.84 Å². The van der Waals surface area contributed by atoms with Crippen LogP contribution < -0.4 is 4.74 Å². The third-order valence-electron chi connectivity index (χ3n) is 2.62. The molecule has 0 aliphatic rings. The number of rotatable bonds is 3. The van der Waals surface area contributed by atoms with E-state index in [0.29, 0.717) is 16.5 Å². The molecule has 0 unspecified atom stereocenters. The molecule has 0 amide bonds. The molecule has 1 atom stereocenters. The predicted octanol–water partition coefficient (Wildman–Crippen LogP) is 3.89. The molecular weight excluding hydrogens is 250 g/mol. The van der Waals surface area contributed by atoms with E-state index in [1.807, 2.05) is 13.0 Å². The summed E-state index contributed by atoms with van der Waals surface area (Å²) in [5, 5.41) is 9.93. The number of hydrogen-bond acceptors (Lipinski definition) is 3. The van der Waals surface area contributed by atoms with Gasteiger partial charge in [-0.05, 0) is 43.7 Å². The molecule has 0 saturated heterocycles. The van der Waals surface area contributed by atoms with E-state index in [1.165, 1.54) is 0 Å². The van der Waals surface area contributed by atoms with Crippen LogP contribution >= 0.6 is 11.6 Å². The monoisotopic (exact) mass is 263 g/mol. The number of nitrogens with zero attached hydrogens (tertiary/aromatic N) is 1. The number of hydrogen-bond donors (Lipinski definition) is 1. The molecule has 1 heterocycles. The second-order valence-corrected chi connectivity index (χ2v) is 4.46. The van der Waals surface area contributed by atoms with Crippen molar-refractivity contribution in [3.63, 3.8) is 0 Å². The first-order chi connectivity index (χ1) is 8.58. The van der Waals surface area contributed by atoms with Gasteiger partial charge in [0, 0.05) is 6.20 Å². The van der Waals surface area contributed by atoms with E-state index in [-0.39, 0.29) is 0 Å². The zero-order valence-corrected chi connectivity index (χ0v) is 11.0. The number of aryl methyl sites for hydroxylation is 1. The summed E-state index contributed by atoms with van der Waals surface area (Å²) in [5.74, 6) is 1.22. The van der Waals surface area contributed by atoms with Crippen molar-refractivity contribution in [1.29, 1.82) is 0 Å². The first-order valence-corrected chi connectivity index (χ1v) is 6.02. The average Bonchev–Trinajstić information content (AvgIpc) is 2.34. The molecule has 0 saturated carbocycles. The Morgan fingerprint density at radius 2 is 2.06 bits per heavy atom. The maximum atomic E-state index is 9.46. The number of pyridine rings is 1. The highest BCUT2D eigenvalue weighted by atomic mass is 35.5. The fourth-order valence-electron chi connectivity index (χ4n) is 1.56. The standard InChI is InChI=1S/C14H14ClNO2/c1-9-13(4-3-7-16-9)18-14-6-5-11(10(2)17)8-12(14)15/h3-8,10,17H,1-2H3/t10-/m0/s1. The van der Waals surface area contributed by atoms with Crippen LogP contribution in [0.25, 0.3) is 0 Å². The van der Waals surface area contributed by atoms with Crippen LogP contribution in [0.4, 0.5) is 0 Å². The van der Waals surface area contributed by atoms with Crippen LogP contribution in [0.2, 0.25) is 5.02 Å². The van der Waals surface area contributed by atoms with Gasteiger partial charge in [0.2, 0.25) is 0 Å². The maximum absolute atomic E-state index is 9.46. The number of ether oxygens (including phenoxy) is 1. The van der Waals surface area contributed by atoms with Crippen LogP contribution in [-0.2, 0) is 0 Å². The zero-order valence-electron chi connectivity index (χ0n) is 10.2. The van der Waals surface area contributed by atoms with E-state index >= 15 is 0 Å². The summed E-state index contributed by atoms with van der Waals surface area (Å²) in [6, 6.07) is 8.88. The van der Waals surface area contributed by atoms with E-state index in [0.717, 1.165) is 11.3 Å². The van der Waals surface area contributed by atoms with Crippen molar-refractivity contribution in [3.05, 3.63) is 52.8 Å². The van der Waals surface area contributed by atoms with Gasteiger partial charge in [0.1, 0.15) is 11.5 Å². The molecule has 0 bridgehead atoms.